The third kappa shape index (κ3) is 1.80. The molecule has 13 heavy (non-hydrogen) atoms. The molecule has 1 aromatic rings. The third-order valence-electron chi connectivity index (χ3n) is 2.12. The van der Waals surface area contributed by atoms with Crippen LogP contribution in [0.25, 0.3) is 0 Å². The summed E-state index contributed by atoms with van der Waals surface area (Å²) in [5, 5.41) is 4.28. The summed E-state index contributed by atoms with van der Waals surface area (Å²) in [5.41, 5.74) is 2.44. The normalized spacial score (nSPS) is 13.6. The van der Waals surface area contributed by atoms with Crippen LogP contribution in [0.1, 0.15) is 5.56 Å². The van der Waals surface area contributed by atoms with E-state index >= 15 is 0 Å². The van der Waals surface area contributed by atoms with Crippen molar-refractivity contribution in [2.45, 2.75) is 6.42 Å². The molecule has 0 unspecified atom stereocenters. The molecule has 2 rings (SSSR count). The average Bonchev–Trinajstić information content (AvgIpc) is 2.62. The van der Waals surface area contributed by atoms with E-state index in [9.17, 15) is 0 Å². The first-order valence-electron chi connectivity index (χ1n) is 4.46. The minimum Gasteiger partial charge on any atom is -0.491 e. The van der Waals surface area contributed by atoms with Gasteiger partial charge in [0.05, 0.1) is 12.3 Å². The number of hydrogen-bond donors (Lipinski definition) is 1. The van der Waals surface area contributed by atoms with Crippen LogP contribution in [0.15, 0.2) is 18.2 Å². The van der Waals surface area contributed by atoms with Crippen LogP contribution in [0.3, 0.4) is 0 Å². The van der Waals surface area contributed by atoms with Gasteiger partial charge in [-0.15, -0.1) is 0 Å². The lowest BCUT2D eigenvalue weighted by atomic mass is 10.1. The van der Waals surface area contributed by atoms with Crippen LogP contribution in [0.4, 0.5) is 5.69 Å². The van der Waals surface area contributed by atoms with E-state index in [2.05, 4.69) is 39.4 Å². The van der Waals surface area contributed by atoms with Gasteiger partial charge in [-0.05, 0) is 11.6 Å². The van der Waals surface area contributed by atoms with Gasteiger partial charge in [-0.1, -0.05) is 28.1 Å². The standard InChI is InChI=1S/C10H12BrNO/c11-5-6-12-9-3-1-2-8-4-7-13-10(8)9/h1-3,12H,4-7H2. The second-order valence-corrected chi connectivity index (χ2v) is 3.80. The van der Waals surface area contributed by atoms with Gasteiger partial charge in [-0.3, -0.25) is 0 Å². The van der Waals surface area contributed by atoms with Crippen molar-refractivity contribution in [2.24, 2.45) is 0 Å². The third-order valence-corrected chi connectivity index (χ3v) is 2.52. The van der Waals surface area contributed by atoms with Crippen LogP contribution in [0, 0.1) is 0 Å². The zero-order chi connectivity index (χ0) is 9.10. The molecule has 0 amide bonds. The lowest BCUT2D eigenvalue weighted by molar-refractivity contribution is 0.358. The second-order valence-electron chi connectivity index (χ2n) is 3.01. The molecular formula is C10H12BrNO. The molecule has 0 atom stereocenters. The number of nitrogens with one attached hydrogen (secondary N) is 1. The molecule has 0 saturated heterocycles. The maximum Gasteiger partial charge on any atom is 0.145 e. The summed E-state index contributed by atoms with van der Waals surface area (Å²) in [6.45, 7) is 1.75. The molecule has 0 aromatic heterocycles. The first-order chi connectivity index (χ1) is 6.42. The lowest BCUT2D eigenvalue weighted by Gasteiger charge is -2.08. The fourth-order valence-corrected chi connectivity index (χ4v) is 1.73. The van der Waals surface area contributed by atoms with Crippen LogP contribution in [0.2, 0.25) is 0 Å². The van der Waals surface area contributed by atoms with E-state index in [1.807, 2.05) is 0 Å². The molecule has 0 saturated carbocycles. The molecule has 0 aliphatic carbocycles. The van der Waals surface area contributed by atoms with Crippen molar-refractivity contribution in [3.8, 4) is 5.75 Å². The Balaban J connectivity index is 2.20. The molecule has 0 fully saturated rings. The number of fused-ring (bicyclic) bond motifs is 1. The zero-order valence-electron chi connectivity index (χ0n) is 7.35. The Labute approximate surface area is 86.4 Å². The molecule has 0 bridgehead atoms. The predicted molar refractivity (Wildman–Crippen MR) is 57.9 cm³/mol. The minimum absolute atomic E-state index is 0.822. The highest BCUT2D eigenvalue weighted by Crippen LogP contribution is 2.33. The minimum atomic E-state index is 0.822. The molecule has 1 N–H and O–H groups in total. The SMILES string of the molecule is BrCCNc1cccc2c1OCC2. The second kappa shape index (κ2) is 4.01. The van der Waals surface area contributed by atoms with Crippen LogP contribution < -0.4 is 10.1 Å². The smallest absolute Gasteiger partial charge is 0.145 e. The number of alkyl halides is 1. The van der Waals surface area contributed by atoms with Crippen molar-refractivity contribution in [1.82, 2.24) is 0 Å². The average molecular weight is 242 g/mol. The summed E-state index contributed by atoms with van der Waals surface area (Å²) in [7, 11) is 0. The number of ether oxygens (including phenoxy) is 1. The Morgan fingerprint density at radius 2 is 2.38 bits per heavy atom. The van der Waals surface area contributed by atoms with Gasteiger partial charge in [0.15, 0.2) is 0 Å². The van der Waals surface area contributed by atoms with Crippen molar-refractivity contribution in [3.63, 3.8) is 0 Å². The highest BCUT2D eigenvalue weighted by Gasteiger charge is 2.14. The van der Waals surface area contributed by atoms with Gasteiger partial charge in [0, 0.05) is 18.3 Å². The lowest BCUT2D eigenvalue weighted by Crippen LogP contribution is -2.03. The summed E-state index contributed by atoms with van der Waals surface area (Å²) in [6.07, 6.45) is 1.04. The van der Waals surface area contributed by atoms with Gasteiger partial charge < -0.3 is 10.1 Å². The highest BCUT2D eigenvalue weighted by atomic mass is 79.9. The number of halogens is 1. The fraction of sp³-hybridized carbons (Fsp3) is 0.400. The van der Waals surface area contributed by atoms with E-state index in [1.165, 1.54) is 5.56 Å². The first kappa shape index (κ1) is 8.88. The fourth-order valence-electron chi connectivity index (χ4n) is 1.54. The molecule has 2 nitrogen and oxygen atoms in total. The Hall–Kier alpha value is -0.700. The maximum atomic E-state index is 5.55. The Bertz CT molecular complexity index is 301. The summed E-state index contributed by atoms with van der Waals surface area (Å²) >= 11 is 3.38. The molecule has 0 radical (unpaired) electrons. The van der Waals surface area contributed by atoms with Gasteiger partial charge in [0.2, 0.25) is 0 Å². The molecule has 3 heteroatoms. The van der Waals surface area contributed by atoms with Crippen molar-refractivity contribution in [2.75, 3.05) is 23.8 Å². The van der Waals surface area contributed by atoms with Crippen LogP contribution in [0.5, 0.6) is 5.75 Å². The van der Waals surface area contributed by atoms with Crippen LogP contribution in [-0.4, -0.2) is 18.5 Å². The summed E-state index contributed by atoms with van der Waals surface area (Å²) < 4.78 is 5.55. The van der Waals surface area contributed by atoms with E-state index in [1.54, 1.807) is 0 Å². The van der Waals surface area contributed by atoms with Crippen LogP contribution in [-0.2, 0) is 6.42 Å². The number of rotatable bonds is 3. The van der Waals surface area contributed by atoms with Crippen molar-refractivity contribution in [1.29, 1.82) is 0 Å². The number of hydrogen-bond acceptors (Lipinski definition) is 2. The largest absolute Gasteiger partial charge is 0.491 e. The zero-order valence-corrected chi connectivity index (χ0v) is 8.93. The Kier molecular flexibility index (Phi) is 2.74. The van der Waals surface area contributed by atoms with Crippen molar-refractivity contribution >= 4 is 21.6 Å². The topological polar surface area (TPSA) is 21.3 Å². The van der Waals surface area contributed by atoms with E-state index < -0.39 is 0 Å². The summed E-state index contributed by atoms with van der Waals surface area (Å²) in [4.78, 5) is 0. The molecule has 1 aromatic carbocycles. The molecule has 1 aliphatic rings. The maximum absolute atomic E-state index is 5.55. The number of benzene rings is 1. The number of para-hydroxylation sites is 1. The van der Waals surface area contributed by atoms with Gasteiger partial charge in [-0.2, -0.15) is 0 Å². The van der Waals surface area contributed by atoms with Gasteiger partial charge in [-0.25, -0.2) is 0 Å². The van der Waals surface area contributed by atoms with E-state index in [-0.39, 0.29) is 0 Å². The van der Waals surface area contributed by atoms with Crippen molar-refractivity contribution < 1.29 is 4.74 Å². The molecule has 70 valence electrons. The van der Waals surface area contributed by atoms with Gasteiger partial charge >= 0.3 is 0 Å². The summed E-state index contributed by atoms with van der Waals surface area (Å²) in [6, 6.07) is 6.26. The highest BCUT2D eigenvalue weighted by molar-refractivity contribution is 9.09. The molecule has 1 heterocycles. The van der Waals surface area contributed by atoms with E-state index in [0.29, 0.717) is 0 Å². The molecule has 1 aliphatic heterocycles. The first-order valence-corrected chi connectivity index (χ1v) is 5.58. The van der Waals surface area contributed by atoms with E-state index in [0.717, 1.165) is 36.3 Å². The monoisotopic (exact) mass is 241 g/mol. The van der Waals surface area contributed by atoms with Crippen LogP contribution >= 0.6 is 15.9 Å². The number of anilines is 1. The molecule has 0 spiro atoms. The quantitative estimate of drug-likeness (QED) is 0.822. The van der Waals surface area contributed by atoms with E-state index in [4.69, 9.17) is 4.74 Å². The van der Waals surface area contributed by atoms with Crippen molar-refractivity contribution in [3.05, 3.63) is 23.8 Å². The summed E-state index contributed by atoms with van der Waals surface area (Å²) in [5.74, 6) is 1.04. The Morgan fingerprint density at radius 3 is 3.23 bits per heavy atom. The molecular weight excluding hydrogens is 230 g/mol. The van der Waals surface area contributed by atoms with Gasteiger partial charge in [0.25, 0.3) is 0 Å². The van der Waals surface area contributed by atoms with Gasteiger partial charge in [0.1, 0.15) is 5.75 Å². The predicted octanol–water partition coefficient (Wildman–Crippen LogP) is 2.43. The Morgan fingerprint density at radius 1 is 1.46 bits per heavy atom.